The van der Waals surface area contributed by atoms with E-state index in [1.807, 2.05) is 44.3 Å². The predicted octanol–water partition coefficient (Wildman–Crippen LogP) is 3.35. The second kappa shape index (κ2) is 7.63. The third-order valence-corrected chi connectivity index (χ3v) is 5.82. The lowest BCUT2D eigenvalue weighted by molar-refractivity contribution is 0.0939. The minimum absolute atomic E-state index is 0.210. The molecule has 4 rings (SSSR count). The molecule has 0 saturated carbocycles. The van der Waals surface area contributed by atoms with Gasteiger partial charge in [-0.1, -0.05) is 18.2 Å². The second-order valence-electron chi connectivity index (χ2n) is 6.99. The lowest BCUT2D eigenvalue weighted by atomic mass is 10.0. The van der Waals surface area contributed by atoms with E-state index in [-0.39, 0.29) is 11.5 Å². The fourth-order valence-electron chi connectivity index (χ4n) is 3.50. The van der Waals surface area contributed by atoms with Crippen molar-refractivity contribution in [1.82, 2.24) is 25.3 Å². The molecule has 4 aromatic rings. The van der Waals surface area contributed by atoms with Gasteiger partial charge in [-0.2, -0.15) is 0 Å². The number of carbonyl (C=O) groups excluding carboxylic acids is 1. The van der Waals surface area contributed by atoms with Crippen LogP contribution < -0.4 is 10.9 Å². The first-order valence-electron chi connectivity index (χ1n) is 9.28. The van der Waals surface area contributed by atoms with E-state index in [0.717, 1.165) is 21.5 Å². The topological polar surface area (TPSA) is 104 Å². The zero-order valence-corrected chi connectivity index (χ0v) is 17.2. The van der Waals surface area contributed by atoms with Crippen LogP contribution in [-0.4, -0.2) is 25.8 Å². The Hall–Kier alpha value is -3.26. The van der Waals surface area contributed by atoms with Gasteiger partial charge in [0.05, 0.1) is 22.4 Å². The van der Waals surface area contributed by atoms with Crippen molar-refractivity contribution in [3.8, 4) is 0 Å². The van der Waals surface area contributed by atoms with Crippen molar-refractivity contribution < 1.29 is 4.79 Å². The summed E-state index contributed by atoms with van der Waals surface area (Å²) < 4.78 is 0. The number of aromatic nitrogens is 4. The number of rotatable bonds is 5. The molecule has 0 bridgehead atoms. The van der Waals surface area contributed by atoms with Gasteiger partial charge in [-0.05, 0) is 32.4 Å². The van der Waals surface area contributed by atoms with Crippen LogP contribution in [0.5, 0.6) is 0 Å². The lowest BCUT2D eigenvalue weighted by Crippen LogP contribution is -2.31. The van der Waals surface area contributed by atoms with Gasteiger partial charge >= 0.3 is 0 Å². The summed E-state index contributed by atoms with van der Waals surface area (Å²) in [6.45, 7) is 5.43. The molecule has 8 heteroatoms. The molecular weight excluding hydrogens is 386 g/mol. The third kappa shape index (κ3) is 3.97. The summed E-state index contributed by atoms with van der Waals surface area (Å²) in [5.74, 6) is 0.299. The van der Waals surface area contributed by atoms with Gasteiger partial charge in [-0.25, -0.2) is 9.97 Å². The fraction of sp³-hybridized carbons (Fsp3) is 0.238. The Kier molecular flexibility index (Phi) is 5.02. The number of aryl methyl sites for hydroxylation is 3. The van der Waals surface area contributed by atoms with Crippen molar-refractivity contribution in [3.63, 3.8) is 0 Å². The number of thiazole rings is 1. The zero-order valence-electron chi connectivity index (χ0n) is 16.4. The number of hydrogen-bond donors (Lipinski definition) is 3. The molecule has 0 aliphatic rings. The van der Waals surface area contributed by atoms with E-state index < -0.39 is 6.04 Å². The molecule has 29 heavy (non-hydrogen) atoms. The molecule has 0 unspecified atom stereocenters. The first-order valence-corrected chi connectivity index (χ1v) is 10.1. The predicted molar refractivity (Wildman–Crippen MR) is 113 cm³/mol. The Morgan fingerprint density at radius 2 is 2.00 bits per heavy atom. The van der Waals surface area contributed by atoms with Crippen LogP contribution in [0.1, 0.15) is 43.5 Å². The summed E-state index contributed by atoms with van der Waals surface area (Å²) in [6.07, 6.45) is 2.44. The van der Waals surface area contributed by atoms with Crippen molar-refractivity contribution in [1.29, 1.82) is 0 Å². The van der Waals surface area contributed by atoms with E-state index in [9.17, 15) is 9.59 Å². The Morgan fingerprint density at radius 3 is 2.72 bits per heavy atom. The highest BCUT2D eigenvalue weighted by molar-refractivity contribution is 7.13. The third-order valence-electron chi connectivity index (χ3n) is 4.75. The molecule has 3 N–H and O–H groups in total. The van der Waals surface area contributed by atoms with Crippen LogP contribution in [0.15, 0.2) is 41.3 Å². The van der Waals surface area contributed by atoms with Crippen LogP contribution in [0, 0.1) is 20.8 Å². The van der Waals surface area contributed by atoms with Crippen LogP contribution in [0.25, 0.3) is 10.9 Å². The average molecular weight is 407 g/mol. The Balaban J connectivity index is 1.71. The summed E-state index contributed by atoms with van der Waals surface area (Å²) in [4.78, 5) is 40.3. The van der Waals surface area contributed by atoms with E-state index in [1.165, 1.54) is 17.4 Å². The molecule has 148 valence electrons. The number of carbonyl (C=O) groups is 1. The van der Waals surface area contributed by atoms with Gasteiger partial charge < -0.3 is 15.3 Å². The Labute approximate surface area is 171 Å². The van der Waals surface area contributed by atoms with Crippen molar-refractivity contribution in [3.05, 3.63) is 79.5 Å². The molecule has 0 fully saturated rings. The molecule has 7 nitrogen and oxygen atoms in total. The van der Waals surface area contributed by atoms with Gasteiger partial charge in [-0.3, -0.25) is 9.59 Å². The van der Waals surface area contributed by atoms with Gasteiger partial charge in [-0.15, -0.1) is 11.3 Å². The van der Waals surface area contributed by atoms with E-state index in [0.29, 0.717) is 28.5 Å². The minimum atomic E-state index is -0.454. The van der Waals surface area contributed by atoms with Crippen LogP contribution >= 0.6 is 11.3 Å². The van der Waals surface area contributed by atoms with Crippen LogP contribution in [-0.2, 0) is 6.42 Å². The monoisotopic (exact) mass is 407 g/mol. The second-order valence-corrected chi connectivity index (χ2v) is 8.20. The molecule has 0 saturated heterocycles. The van der Waals surface area contributed by atoms with E-state index in [4.69, 9.17) is 0 Å². The summed E-state index contributed by atoms with van der Waals surface area (Å²) in [6, 6.07) is 8.98. The number of nitrogens with one attached hydrogen (secondary N) is 3. The number of benzene rings is 1. The van der Waals surface area contributed by atoms with Gasteiger partial charge in [0, 0.05) is 29.6 Å². The quantitative estimate of drug-likeness (QED) is 0.472. The van der Waals surface area contributed by atoms with Crippen LogP contribution in [0.2, 0.25) is 0 Å². The highest BCUT2D eigenvalue weighted by Gasteiger charge is 2.22. The van der Waals surface area contributed by atoms with E-state index in [2.05, 4.69) is 25.3 Å². The van der Waals surface area contributed by atoms with Crippen molar-refractivity contribution in [2.45, 2.75) is 33.2 Å². The highest BCUT2D eigenvalue weighted by atomic mass is 32.1. The molecule has 1 aromatic carbocycles. The number of amides is 1. The normalized spacial score (nSPS) is 12.2. The standard InChI is InChI=1S/C21H21N5O2S/c1-11-20(29-13(3)23-11)21(28)26-17(18-9-19(27)25-12(2)24-18)8-14-10-22-16-7-5-4-6-15(14)16/h4-7,9-10,17,22H,8H2,1-3H3,(H,26,28)(H,24,25,27)/t17-/m1/s1. The summed E-state index contributed by atoms with van der Waals surface area (Å²) >= 11 is 1.36. The van der Waals surface area contributed by atoms with E-state index in [1.54, 1.807) is 6.92 Å². The number of fused-ring (bicyclic) bond motifs is 1. The molecule has 3 aromatic heterocycles. The first kappa shape index (κ1) is 19.1. The molecule has 0 aliphatic heterocycles. The Bertz CT molecular complexity index is 1250. The van der Waals surface area contributed by atoms with Crippen LogP contribution in [0.3, 0.4) is 0 Å². The molecule has 0 spiro atoms. The number of aromatic amines is 2. The van der Waals surface area contributed by atoms with Crippen molar-refractivity contribution in [2.24, 2.45) is 0 Å². The molecule has 0 radical (unpaired) electrons. The number of para-hydroxylation sites is 1. The smallest absolute Gasteiger partial charge is 0.263 e. The summed E-state index contributed by atoms with van der Waals surface area (Å²) in [5, 5.41) is 4.98. The van der Waals surface area contributed by atoms with E-state index >= 15 is 0 Å². The zero-order chi connectivity index (χ0) is 20.5. The van der Waals surface area contributed by atoms with Gasteiger partial charge in [0.1, 0.15) is 10.7 Å². The van der Waals surface area contributed by atoms with Crippen molar-refractivity contribution >= 4 is 28.1 Å². The number of hydrogen-bond acceptors (Lipinski definition) is 5. The summed E-state index contributed by atoms with van der Waals surface area (Å²) in [7, 11) is 0. The largest absolute Gasteiger partial charge is 0.361 e. The number of H-pyrrole nitrogens is 2. The average Bonchev–Trinajstić information content (AvgIpc) is 3.23. The summed E-state index contributed by atoms with van der Waals surface area (Å²) in [5.41, 5.74) is 3.06. The highest BCUT2D eigenvalue weighted by Crippen LogP contribution is 2.25. The molecule has 1 atom stereocenters. The van der Waals surface area contributed by atoms with Crippen molar-refractivity contribution in [2.75, 3.05) is 0 Å². The molecule has 3 heterocycles. The maximum atomic E-state index is 13.0. The maximum Gasteiger partial charge on any atom is 0.263 e. The molecule has 1 amide bonds. The minimum Gasteiger partial charge on any atom is -0.361 e. The molecular formula is C21H21N5O2S. The number of nitrogens with zero attached hydrogens (tertiary/aromatic N) is 2. The fourth-order valence-corrected chi connectivity index (χ4v) is 4.32. The van der Waals surface area contributed by atoms with Gasteiger partial charge in [0.25, 0.3) is 11.5 Å². The van der Waals surface area contributed by atoms with Gasteiger partial charge in [0.2, 0.25) is 0 Å². The van der Waals surface area contributed by atoms with Crippen LogP contribution in [0.4, 0.5) is 0 Å². The first-order chi connectivity index (χ1) is 13.9. The Morgan fingerprint density at radius 1 is 1.21 bits per heavy atom. The van der Waals surface area contributed by atoms with Gasteiger partial charge in [0.15, 0.2) is 0 Å². The maximum absolute atomic E-state index is 13.0. The molecule has 0 aliphatic carbocycles. The SMILES string of the molecule is Cc1nc([C@@H](Cc2c[nH]c3ccccc23)NC(=O)c2sc(C)nc2C)cc(=O)[nH]1. The lowest BCUT2D eigenvalue weighted by Gasteiger charge is -2.18.